The van der Waals surface area contributed by atoms with Gasteiger partial charge >= 0.3 is 6.61 Å². The molecule has 3 N–H and O–H groups in total. The normalized spacial score (nSPS) is 11.5. The summed E-state index contributed by atoms with van der Waals surface area (Å²) in [7, 11) is 3.16. The topological polar surface area (TPSA) is 84.0 Å². The minimum Gasteiger partial charge on any atom is -0.490 e. The van der Waals surface area contributed by atoms with E-state index in [-0.39, 0.29) is 47.9 Å². The van der Waals surface area contributed by atoms with Gasteiger partial charge in [0.05, 0.1) is 12.0 Å². The van der Waals surface area contributed by atoms with E-state index >= 15 is 0 Å². The highest BCUT2D eigenvalue weighted by Crippen LogP contribution is 2.32. The van der Waals surface area contributed by atoms with Gasteiger partial charge in [-0.2, -0.15) is 8.78 Å². The monoisotopic (exact) mass is 514 g/mol. The van der Waals surface area contributed by atoms with Crippen LogP contribution in [0, 0.1) is 5.41 Å². The molecular formula is C18H29F2IN4O3. The third kappa shape index (κ3) is 8.03. The highest BCUT2D eigenvalue weighted by molar-refractivity contribution is 14.0. The average molecular weight is 514 g/mol. The van der Waals surface area contributed by atoms with E-state index in [0.717, 1.165) is 0 Å². The van der Waals surface area contributed by atoms with E-state index in [9.17, 15) is 13.6 Å². The Hall–Kier alpha value is -1.85. The van der Waals surface area contributed by atoms with Crippen LogP contribution in [0.3, 0.4) is 0 Å². The predicted molar refractivity (Wildman–Crippen MR) is 116 cm³/mol. The van der Waals surface area contributed by atoms with E-state index in [4.69, 9.17) is 4.74 Å². The second-order valence-corrected chi connectivity index (χ2v) is 6.30. The number of para-hydroxylation sites is 1. The number of alkyl halides is 2. The number of guanidine groups is 1. The number of aliphatic imine (C=N–C) groups is 1. The van der Waals surface area contributed by atoms with E-state index in [1.54, 1.807) is 53.1 Å². The Balaban J connectivity index is 0.00000729. The minimum atomic E-state index is -2.96. The molecule has 0 atom stereocenters. The van der Waals surface area contributed by atoms with Crippen LogP contribution in [0.1, 0.15) is 26.3 Å². The Morgan fingerprint density at radius 3 is 2.50 bits per heavy atom. The molecule has 0 aromatic heterocycles. The molecule has 28 heavy (non-hydrogen) atoms. The van der Waals surface area contributed by atoms with Gasteiger partial charge in [-0.05, 0) is 26.8 Å². The van der Waals surface area contributed by atoms with Crippen LogP contribution < -0.4 is 25.4 Å². The molecule has 0 fully saturated rings. The van der Waals surface area contributed by atoms with Gasteiger partial charge in [0, 0.05) is 32.7 Å². The highest BCUT2D eigenvalue weighted by atomic mass is 127. The summed E-state index contributed by atoms with van der Waals surface area (Å²) in [6.07, 6.45) is 0. The first-order valence-corrected chi connectivity index (χ1v) is 8.61. The first kappa shape index (κ1) is 26.1. The molecule has 0 unspecified atom stereocenters. The number of nitrogens with zero attached hydrogens (tertiary/aromatic N) is 1. The summed E-state index contributed by atoms with van der Waals surface area (Å²) < 4.78 is 35.6. The third-order valence-electron chi connectivity index (χ3n) is 3.78. The average Bonchev–Trinajstić information content (AvgIpc) is 2.63. The van der Waals surface area contributed by atoms with Gasteiger partial charge in [-0.15, -0.1) is 24.0 Å². The van der Waals surface area contributed by atoms with Gasteiger partial charge in [-0.1, -0.05) is 12.1 Å². The van der Waals surface area contributed by atoms with Crippen LogP contribution >= 0.6 is 24.0 Å². The fourth-order valence-electron chi connectivity index (χ4n) is 2.32. The molecule has 0 aliphatic heterocycles. The number of halogens is 3. The second-order valence-electron chi connectivity index (χ2n) is 6.30. The molecule has 0 heterocycles. The molecule has 0 bridgehead atoms. The van der Waals surface area contributed by atoms with Crippen LogP contribution in [-0.2, 0) is 11.3 Å². The Morgan fingerprint density at radius 1 is 1.29 bits per heavy atom. The van der Waals surface area contributed by atoms with E-state index in [1.165, 1.54) is 0 Å². The number of carbonyl (C=O) groups excluding carboxylic acids is 1. The largest absolute Gasteiger partial charge is 0.490 e. The lowest BCUT2D eigenvalue weighted by Crippen LogP contribution is -2.47. The fourth-order valence-corrected chi connectivity index (χ4v) is 2.32. The summed E-state index contributed by atoms with van der Waals surface area (Å²) in [4.78, 5) is 15.9. The number of hydrogen-bond donors (Lipinski definition) is 3. The van der Waals surface area contributed by atoms with Crippen molar-refractivity contribution in [1.29, 1.82) is 0 Å². The molecule has 0 aliphatic rings. The Morgan fingerprint density at radius 2 is 1.96 bits per heavy atom. The van der Waals surface area contributed by atoms with Crippen molar-refractivity contribution in [2.45, 2.75) is 33.9 Å². The molecule has 0 saturated heterocycles. The summed E-state index contributed by atoms with van der Waals surface area (Å²) in [5.41, 5.74) is -0.152. The molecule has 1 amide bonds. The van der Waals surface area contributed by atoms with E-state index in [2.05, 4.69) is 25.7 Å². The number of ether oxygens (including phenoxy) is 2. The number of hydrogen-bond acceptors (Lipinski definition) is 4. The molecule has 0 spiro atoms. The fraction of sp³-hybridized carbons (Fsp3) is 0.556. The maximum Gasteiger partial charge on any atom is 0.387 e. The Kier molecular flexibility index (Phi) is 11.7. The first-order valence-electron chi connectivity index (χ1n) is 8.61. The van der Waals surface area contributed by atoms with Crippen LogP contribution in [0.25, 0.3) is 0 Å². The van der Waals surface area contributed by atoms with E-state index < -0.39 is 12.0 Å². The lowest BCUT2D eigenvalue weighted by atomic mass is 9.92. The van der Waals surface area contributed by atoms with Gasteiger partial charge < -0.3 is 25.4 Å². The SMILES string of the molecule is CCOc1cccc(CNC(=NC)NCC(C)(C)C(=O)NC)c1OC(F)F.I. The molecule has 10 heteroatoms. The van der Waals surface area contributed by atoms with Crippen molar-refractivity contribution in [3.05, 3.63) is 23.8 Å². The quantitative estimate of drug-likeness (QED) is 0.268. The number of rotatable bonds is 9. The molecule has 1 aromatic carbocycles. The molecule has 1 aromatic rings. The molecular weight excluding hydrogens is 485 g/mol. The van der Waals surface area contributed by atoms with Gasteiger partial charge in [-0.3, -0.25) is 9.79 Å². The van der Waals surface area contributed by atoms with Crippen molar-refractivity contribution in [2.24, 2.45) is 10.4 Å². The highest BCUT2D eigenvalue weighted by Gasteiger charge is 2.26. The molecule has 160 valence electrons. The summed E-state index contributed by atoms with van der Waals surface area (Å²) in [6, 6.07) is 4.93. The number of benzene rings is 1. The van der Waals surface area contributed by atoms with Gasteiger partial charge in [-0.25, -0.2) is 0 Å². The van der Waals surface area contributed by atoms with Gasteiger partial charge in [0.1, 0.15) is 0 Å². The zero-order chi connectivity index (χ0) is 20.4. The van der Waals surface area contributed by atoms with Gasteiger partial charge in [0.2, 0.25) is 5.91 Å². The Bertz CT molecular complexity index is 658. The number of amides is 1. The van der Waals surface area contributed by atoms with Crippen molar-refractivity contribution in [2.75, 3.05) is 27.2 Å². The summed E-state index contributed by atoms with van der Waals surface area (Å²) in [5.74, 6) is 0.558. The molecule has 0 radical (unpaired) electrons. The van der Waals surface area contributed by atoms with E-state index in [1.807, 2.05) is 0 Å². The van der Waals surface area contributed by atoms with Crippen molar-refractivity contribution in [3.8, 4) is 11.5 Å². The minimum absolute atomic E-state index is 0. The van der Waals surface area contributed by atoms with Crippen molar-refractivity contribution < 1.29 is 23.0 Å². The predicted octanol–water partition coefficient (Wildman–Crippen LogP) is 2.74. The van der Waals surface area contributed by atoms with Crippen LogP contribution in [0.4, 0.5) is 8.78 Å². The first-order chi connectivity index (χ1) is 12.7. The van der Waals surface area contributed by atoms with Crippen molar-refractivity contribution in [3.63, 3.8) is 0 Å². The number of nitrogens with one attached hydrogen (secondary N) is 3. The second kappa shape index (κ2) is 12.6. The zero-order valence-electron chi connectivity index (χ0n) is 16.8. The van der Waals surface area contributed by atoms with Crippen LogP contribution in [0.5, 0.6) is 11.5 Å². The number of carbonyl (C=O) groups is 1. The zero-order valence-corrected chi connectivity index (χ0v) is 19.1. The molecule has 7 nitrogen and oxygen atoms in total. The summed E-state index contributed by atoms with van der Waals surface area (Å²) >= 11 is 0. The van der Waals surface area contributed by atoms with E-state index in [0.29, 0.717) is 24.7 Å². The van der Waals surface area contributed by atoms with Gasteiger partial charge in [0.15, 0.2) is 17.5 Å². The van der Waals surface area contributed by atoms with Crippen molar-refractivity contribution >= 4 is 35.8 Å². The lowest BCUT2D eigenvalue weighted by molar-refractivity contribution is -0.128. The maximum absolute atomic E-state index is 12.8. The standard InChI is InChI=1S/C18H28F2N4O3.HI/c1-6-26-13-9-7-8-12(14(13)27-16(19)20)10-23-17(22-5)24-11-18(2,3)15(25)21-4;/h7-9,16H,6,10-11H2,1-5H3,(H,21,25)(H2,22,23,24);1H. The Labute approximate surface area is 181 Å². The van der Waals surface area contributed by atoms with Crippen LogP contribution in [0.2, 0.25) is 0 Å². The van der Waals surface area contributed by atoms with Crippen LogP contribution in [-0.4, -0.2) is 45.7 Å². The maximum atomic E-state index is 12.8. The molecule has 1 rings (SSSR count). The lowest BCUT2D eigenvalue weighted by Gasteiger charge is -2.24. The van der Waals surface area contributed by atoms with Crippen molar-refractivity contribution in [1.82, 2.24) is 16.0 Å². The van der Waals surface area contributed by atoms with Gasteiger partial charge in [0.25, 0.3) is 0 Å². The molecule has 0 saturated carbocycles. The summed E-state index contributed by atoms with van der Waals surface area (Å²) in [5, 5.41) is 8.69. The summed E-state index contributed by atoms with van der Waals surface area (Å²) in [6.45, 7) is 3.25. The van der Waals surface area contributed by atoms with Crippen LogP contribution in [0.15, 0.2) is 23.2 Å². The molecule has 0 aliphatic carbocycles. The third-order valence-corrected chi connectivity index (χ3v) is 3.78. The smallest absolute Gasteiger partial charge is 0.387 e.